The number of non-ortho nitro benzene ring substituents is 1. The fourth-order valence-corrected chi connectivity index (χ4v) is 3.87. The van der Waals surface area contributed by atoms with Crippen LogP contribution in [0, 0.1) is 10.1 Å². The van der Waals surface area contributed by atoms with E-state index < -0.39 is 16.7 Å². The lowest BCUT2D eigenvalue weighted by molar-refractivity contribution is -0.384. The SMILES string of the molecule is CCOc1ccc(C=C2SC(=S)N(NC(=O)c3cccc([N+](=O)[O-])c3)C2=O)cc1OC. The molecular formula is C20H17N3O6S2. The first kappa shape index (κ1) is 22.2. The lowest BCUT2D eigenvalue weighted by Crippen LogP contribution is -2.44. The van der Waals surface area contributed by atoms with Crippen molar-refractivity contribution >= 4 is 51.9 Å². The van der Waals surface area contributed by atoms with E-state index in [1.165, 1.54) is 25.3 Å². The Kier molecular flexibility index (Phi) is 6.88. The Morgan fingerprint density at radius 3 is 2.74 bits per heavy atom. The number of carbonyl (C=O) groups is 2. The van der Waals surface area contributed by atoms with Crippen LogP contribution in [-0.2, 0) is 4.79 Å². The summed E-state index contributed by atoms with van der Waals surface area (Å²) in [5.74, 6) is -0.102. The quantitative estimate of drug-likeness (QED) is 0.290. The number of hydrogen-bond acceptors (Lipinski definition) is 8. The number of nitrogens with one attached hydrogen (secondary N) is 1. The van der Waals surface area contributed by atoms with Gasteiger partial charge >= 0.3 is 0 Å². The molecule has 160 valence electrons. The minimum atomic E-state index is -0.691. The summed E-state index contributed by atoms with van der Waals surface area (Å²) in [7, 11) is 1.52. The third-order valence-electron chi connectivity index (χ3n) is 4.11. The van der Waals surface area contributed by atoms with E-state index in [1.807, 2.05) is 6.92 Å². The first-order valence-corrected chi connectivity index (χ1v) is 10.2. The zero-order chi connectivity index (χ0) is 22.5. The second kappa shape index (κ2) is 9.58. The Balaban J connectivity index is 1.78. The number of hydrogen-bond donors (Lipinski definition) is 1. The number of hydrazine groups is 1. The molecular weight excluding hydrogens is 442 g/mol. The van der Waals surface area contributed by atoms with Crippen molar-refractivity contribution in [2.75, 3.05) is 13.7 Å². The molecule has 0 spiro atoms. The summed E-state index contributed by atoms with van der Waals surface area (Å²) < 4.78 is 10.9. The molecule has 1 heterocycles. The lowest BCUT2D eigenvalue weighted by atomic mass is 10.2. The van der Waals surface area contributed by atoms with Crippen molar-refractivity contribution in [1.82, 2.24) is 10.4 Å². The van der Waals surface area contributed by atoms with Gasteiger partial charge in [-0.25, -0.2) is 0 Å². The highest BCUT2D eigenvalue weighted by atomic mass is 32.2. The van der Waals surface area contributed by atoms with E-state index in [-0.39, 0.29) is 15.6 Å². The zero-order valence-corrected chi connectivity index (χ0v) is 18.1. The molecule has 2 amide bonds. The van der Waals surface area contributed by atoms with E-state index in [9.17, 15) is 19.7 Å². The highest BCUT2D eigenvalue weighted by molar-refractivity contribution is 8.26. The predicted molar refractivity (Wildman–Crippen MR) is 120 cm³/mol. The molecule has 9 nitrogen and oxygen atoms in total. The Bertz CT molecular complexity index is 1100. The van der Waals surface area contributed by atoms with Gasteiger partial charge in [-0.3, -0.25) is 25.1 Å². The van der Waals surface area contributed by atoms with Gasteiger partial charge in [0.25, 0.3) is 17.5 Å². The summed E-state index contributed by atoms with van der Waals surface area (Å²) in [4.78, 5) is 35.8. The molecule has 1 aliphatic rings. The fourth-order valence-electron chi connectivity index (χ4n) is 2.69. The van der Waals surface area contributed by atoms with Crippen LogP contribution in [0.4, 0.5) is 5.69 Å². The molecule has 1 aliphatic heterocycles. The number of nitrogens with zero attached hydrogens (tertiary/aromatic N) is 2. The van der Waals surface area contributed by atoms with Gasteiger partial charge < -0.3 is 9.47 Å². The van der Waals surface area contributed by atoms with Crippen molar-refractivity contribution in [1.29, 1.82) is 0 Å². The molecule has 0 bridgehead atoms. The second-order valence-electron chi connectivity index (χ2n) is 6.11. The van der Waals surface area contributed by atoms with Crippen LogP contribution in [0.15, 0.2) is 47.4 Å². The van der Waals surface area contributed by atoms with Gasteiger partial charge in [0.2, 0.25) is 0 Å². The second-order valence-corrected chi connectivity index (χ2v) is 7.78. The van der Waals surface area contributed by atoms with Gasteiger partial charge in [0.1, 0.15) is 0 Å². The Hall–Kier alpha value is -3.44. The Morgan fingerprint density at radius 2 is 2.06 bits per heavy atom. The van der Waals surface area contributed by atoms with Gasteiger partial charge in [-0.15, -0.1) is 0 Å². The monoisotopic (exact) mass is 459 g/mol. The average Bonchev–Trinajstić information content (AvgIpc) is 3.02. The number of nitro groups is 1. The van der Waals surface area contributed by atoms with Crippen LogP contribution in [0.5, 0.6) is 11.5 Å². The van der Waals surface area contributed by atoms with E-state index in [2.05, 4.69) is 5.43 Å². The molecule has 0 unspecified atom stereocenters. The number of methoxy groups -OCH3 is 1. The number of ether oxygens (including phenoxy) is 2. The van der Waals surface area contributed by atoms with Gasteiger partial charge in [-0.2, -0.15) is 5.01 Å². The fraction of sp³-hybridized carbons (Fsp3) is 0.150. The number of thiocarbonyl (C=S) groups is 1. The molecule has 0 radical (unpaired) electrons. The average molecular weight is 460 g/mol. The zero-order valence-electron chi connectivity index (χ0n) is 16.5. The maximum Gasteiger partial charge on any atom is 0.285 e. The minimum absolute atomic E-state index is 0.0310. The summed E-state index contributed by atoms with van der Waals surface area (Å²) in [5.41, 5.74) is 2.88. The molecule has 1 N–H and O–H groups in total. The maximum absolute atomic E-state index is 12.8. The van der Waals surface area contributed by atoms with Gasteiger partial charge in [0, 0.05) is 17.7 Å². The van der Waals surface area contributed by atoms with E-state index >= 15 is 0 Å². The summed E-state index contributed by atoms with van der Waals surface area (Å²) in [6, 6.07) is 10.4. The van der Waals surface area contributed by atoms with Crippen molar-refractivity contribution in [2.45, 2.75) is 6.92 Å². The molecule has 0 aliphatic carbocycles. The van der Waals surface area contributed by atoms with Crippen LogP contribution in [0.3, 0.4) is 0 Å². The predicted octanol–water partition coefficient (Wildman–Crippen LogP) is 3.55. The summed E-state index contributed by atoms with van der Waals surface area (Å²) >= 11 is 6.23. The molecule has 31 heavy (non-hydrogen) atoms. The van der Waals surface area contributed by atoms with Crippen LogP contribution in [0.1, 0.15) is 22.8 Å². The van der Waals surface area contributed by atoms with Crippen LogP contribution in [0.25, 0.3) is 6.08 Å². The van der Waals surface area contributed by atoms with Gasteiger partial charge in [0.05, 0.1) is 23.5 Å². The smallest absolute Gasteiger partial charge is 0.285 e. The first-order chi connectivity index (χ1) is 14.8. The first-order valence-electron chi connectivity index (χ1n) is 8.98. The maximum atomic E-state index is 12.8. The van der Waals surface area contributed by atoms with Crippen molar-refractivity contribution in [3.05, 3.63) is 68.6 Å². The molecule has 11 heteroatoms. The molecule has 0 saturated carbocycles. The number of thioether (sulfide) groups is 1. The number of carbonyl (C=O) groups excluding carboxylic acids is 2. The van der Waals surface area contributed by atoms with E-state index in [0.717, 1.165) is 22.8 Å². The third-order valence-corrected chi connectivity index (χ3v) is 5.41. The molecule has 2 aromatic carbocycles. The standard InChI is InChI=1S/C20H17N3O6S2/c1-3-29-15-8-7-12(9-16(15)28-2)10-17-19(25)22(20(30)31-17)21-18(24)13-5-4-6-14(11-13)23(26)27/h4-11H,3H2,1-2H3,(H,21,24). The molecule has 1 fully saturated rings. The Morgan fingerprint density at radius 1 is 1.29 bits per heavy atom. The number of nitro benzene ring substituents is 1. The topological polar surface area (TPSA) is 111 Å². The Labute approximate surface area is 187 Å². The highest BCUT2D eigenvalue weighted by Gasteiger charge is 2.34. The number of amides is 2. The minimum Gasteiger partial charge on any atom is -0.493 e. The van der Waals surface area contributed by atoms with Crippen molar-refractivity contribution in [3.8, 4) is 11.5 Å². The molecule has 0 atom stereocenters. The summed E-state index contributed by atoms with van der Waals surface area (Å²) in [6.45, 7) is 2.35. The highest BCUT2D eigenvalue weighted by Crippen LogP contribution is 2.34. The molecule has 0 aromatic heterocycles. The summed E-state index contributed by atoms with van der Waals surface area (Å²) in [6.07, 6.45) is 1.62. The molecule has 3 rings (SSSR count). The van der Waals surface area contributed by atoms with Crippen molar-refractivity contribution in [2.24, 2.45) is 0 Å². The van der Waals surface area contributed by atoms with Crippen molar-refractivity contribution < 1.29 is 24.0 Å². The number of benzene rings is 2. The molecule has 1 saturated heterocycles. The van der Waals surface area contributed by atoms with Crippen LogP contribution < -0.4 is 14.9 Å². The van der Waals surface area contributed by atoms with Gasteiger partial charge in [0.15, 0.2) is 15.8 Å². The van der Waals surface area contributed by atoms with Crippen molar-refractivity contribution in [3.63, 3.8) is 0 Å². The van der Waals surface area contributed by atoms with Crippen LogP contribution in [-0.4, -0.2) is 39.8 Å². The lowest BCUT2D eigenvalue weighted by Gasteiger charge is -2.15. The largest absolute Gasteiger partial charge is 0.493 e. The summed E-state index contributed by atoms with van der Waals surface area (Å²) in [5, 5.41) is 11.8. The molecule has 2 aromatic rings. The van der Waals surface area contributed by atoms with Crippen LogP contribution in [0.2, 0.25) is 0 Å². The van der Waals surface area contributed by atoms with E-state index in [4.69, 9.17) is 21.7 Å². The third kappa shape index (κ3) is 5.01. The van der Waals surface area contributed by atoms with E-state index in [0.29, 0.717) is 28.6 Å². The van der Waals surface area contributed by atoms with Gasteiger partial charge in [-0.05, 0) is 49.0 Å². The van der Waals surface area contributed by atoms with Crippen LogP contribution >= 0.6 is 24.0 Å². The normalized spacial score (nSPS) is 14.6. The van der Waals surface area contributed by atoms with Gasteiger partial charge in [-0.1, -0.05) is 23.9 Å². The van der Waals surface area contributed by atoms with E-state index in [1.54, 1.807) is 24.3 Å². The number of rotatable bonds is 7.